The number of aromatic nitrogens is 4. The van der Waals surface area contributed by atoms with Crippen molar-refractivity contribution >= 4 is 51.5 Å². The highest BCUT2D eigenvalue weighted by atomic mass is 16.5. The predicted octanol–water partition coefficient (Wildman–Crippen LogP) is 5.36. The maximum absolute atomic E-state index is 12.3. The lowest BCUT2D eigenvalue weighted by molar-refractivity contribution is -0.129. The summed E-state index contributed by atoms with van der Waals surface area (Å²) in [6.45, 7) is 2.05. The summed E-state index contributed by atoms with van der Waals surface area (Å²) in [7, 11) is 3.90. The van der Waals surface area contributed by atoms with Crippen molar-refractivity contribution in [2.75, 3.05) is 22.6 Å². The Kier molecular flexibility index (Phi) is 9.63. The molecule has 0 aliphatic rings. The van der Waals surface area contributed by atoms with Gasteiger partial charge in [-0.05, 0) is 68.3 Å². The first-order valence-corrected chi connectivity index (χ1v) is 13.4. The fourth-order valence-corrected chi connectivity index (χ4v) is 4.40. The molecule has 0 atom stereocenters. The van der Waals surface area contributed by atoms with Crippen LogP contribution in [-0.4, -0.2) is 43.8 Å². The molecule has 40 heavy (non-hydrogen) atoms. The molecule has 4 N–H and O–H groups in total. The number of carbonyl (C=O) groups excluding carboxylic acids is 2. The summed E-state index contributed by atoms with van der Waals surface area (Å²) in [6, 6.07) is 15.5. The van der Waals surface area contributed by atoms with Crippen molar-refractivity contribution in [2.45, 2.75) is 51.9 Å². The molecule has 11 heteroatoms. The number of hydroxylamine groups is 1. The van der Waals surface area contributed by atoms with Gasteiger partial charge in [-0.25, -0.2) is 10.5 Å². The molecule has 2 aromatic carbocycles. The minimum absolute atomic E-state index is 0.0292. The van der Waals surface area contributed by atoms with E-state index in [2.05, 4.69) is 44.8 Å². The second-order valence-electron chi connectivity index (χ2n) is 9.76. The number of hydrogen-bond donors (Lipinski definition) is 4. The van der Waals surface area contributed by atoms with Gasteiger partial charge in [-0.3, -0.25) is 19.5 Å². The second kappa shape index (κ2) is 13.5. The third-order valence-corrected chi connectivity index (χ3v) is 6.84. The average Bonchev–Trinajstić information content (AvgIpc) is 3.25. The predicted molar refractivity (Wildman–Crippen MR) is 156 cm³/mol. The van der Waals surface area contributed by atoms with Crippen LogP contribution in [0, 0.1) is 6.92 Å². The van der Waals surface area contributed by atoms with E-state index in [1.165, 1.54) is 0 Å². The van der Waals surface area contributed by atoms with Crippen molar-refractivity contribution in [3.63, 3.8) is 0 Å². The molecular weight excluding hydrogens is 508 g/mol. The Morgan fingerprint density at radius 2 is 1.60 bits per heavy atom. The summed E-state index contributed by atoms with van der Waals surface area (Å²) in [6.07, 6.45) is 6.76. The zero-order valence-electron chi connectivity index (χ0n) is 23.1. The Morgan fingerprint density at radius 1 is 0.925 bits per heavy atom. The summed E-state index contributed by atoms with van der Waals surface area (Å²) >= 11 is 0. The van der Waals surface area contributed by atoms with Gasteiger partial charge in [0.1, 0.15) is 5.82 Å². The summed E-state index contributed by atoms with van der Waals surface area (Å²) in [5, 5.41) is 20.3. The van der Waals surface area contributed by atoms with Gasteiger partial charge in [-0.2, -0.15) is 10.1 Å². The molecule has 4 rings (SSSR count). The number of anilines is 5. The summed E-state index contributed by atoms with van der Waals surface area (Å²) in [4.78, 5) is 34.3. The van der Waals surface area contributed by atoms with Crippen LogP contribution >= 0.6 is 0 Å². The second-order valence-corrected chi connectivity index (χ2v) is 9.76. The van der Waals surface area contributed by atoms with E-state index in [1.807, 2.05) is 60.1 Å². The molecular formula is C29H36N8O3. The Labute approximate surface area is 233 Å². The van der Waals surface area contributed by atoms with Gasteiger partial charge in [-0.1, -0.05) is 19.3 Å². The maximum Gasteiger partial charge on any atom is 0.243 e. The van der Waals surface area contributed by atoms with Gasteiger partial charge in [0.25, 0.3) is 0 Å². The smallest absolute Gasteiger partial charge is 0.243 e. The number of nitrogens with zero attached hydrogens (tertiary/aromatic N) is 5. The van der Waals surface area contributed by atoms with Gasteiger partial charge in [0.2, 0.25) is 17.8 Å². The molecule has 0 spiro atoms. The number of aryl methyl sites for hydroxylation is 2. The van der Waals surface area contributed by atoms with Gasteiger partial charge in [0.05, 0.1) is 5.52 Å². The minimum Gasteiger partial charge on any atom is -0.329 e. The van der Waals surface area contributed by atoms with Crippen LogP contribution in [0.5, 0.6) is 0 Å². The number of benzene rings is 2. The fourth-order valence-electron chi connectivity index (χ4n) is 4.40. The van der Waals surface area contributed by atoms with Crippen molar-refractivity contribution in [3.8, 4) is 0 Å². The first-order chi connectivity index (χ1) is 19.3. The van der Waals surface area contributed by atoms with E-state index < -0.39 is 0 Å². The first kappa shape index (κ1) is 28.5. The molecule has 4 aromatic rings. The molecule has 0 radical (unpaired) electrons. The molecule has 2 aromatic heterocycles. The highest BCUT2D eigenvalue weighted by molar-refractivity contribution is 5.91. The Bertz CT molecular complexity index is 1450. The van der Waals surface area contributed by atoms with E-state index in [4.69, 9.17) is 5.21 Å². The molecule has 210 valence electrons. The lowest BCUT2D eigenvalue weighted by Crippen LogP contribution is -2.17. The molecule has 0 aliphatic heterocycles. The van der Waals surface area contributed by atoms with Gasteiger partial charge >= 0.3 is 0 Å². The lowest BCUT2D eigenvalue weighted by Gasteiger charge is -2.19. The van der Waals surface area contributed by atoms with Gasteiger partial charge in [-0.15, -0.1) is 0 Å². The molecule has 11 nitrogen and oxygen atoms in total. The standard InChI is InChI=1S/C29H36N8O3/c1-20-24-16-15-23(19-25(24)34-37(20)3)36(2)26-17-18-30-29(33-26)32-22-13-11-21(12-14-22)31-27(38)9-7-5-4-6-8-10-28(39)35-40/h11-19,40H,4-10H2,1-3H3,(H,31,38)(H,35,39)(H,30,32,33). The summed E-state index contributed by atoms with van der Waals surface area (Å²) < 4.78 is 1.88. The van der Waals surface area contributed by atoms with Crippen LogP contribution in [0.1, 0.15) is 50.6 Å². The third kappa shape index (κ3) is 7.54. The topological polar surface area (TPSA) is 137 Å². The van der Waals surface area contributed by atoms with Crippen LogP contribution in [0.2, 0.25) is 0 Å². The number of nitrogens with one attached hydrogen (secondary N) is 3. The third-order valence-electron chi connectivity index (χ3n) is 6.84. The molecule has 2 amide bonds. The molecule has 2 heterocycles. The molecule has 0 bridgehead atoms. The molecule has 0 unspecified atom stereocenters. The molecule has 0 aliphatic carbocycles. The van der Waals surface area contributed by atoms with Crippen LogP contribution in [0.3, 0.4) is 0 Å². The highest BCUT2D eigenvalue weighted by Gasteiger charge is 2.11. The monoisotopic (exact) mass is 544 g/mol. The van der Waals surface area contributed by atoms with Crippen LogP contribution < -0.4 is 21.0 Å². The van der Waals surface area contributed by atoms with Gasteiger partial charge in [0, 0.05) is 61.3 Å². The Hall–Kier alpha value is -4.51. The zero-order chi connectivity index (χ0) is 28.5. The number of amides is 2. The van der Waals surface area contributed by atoms with Crippen molar-refractivity contribution in [2.24, 2.45) is 7.05 Å². The van der Waals surface area contributed by atoms with E-state index in [9.17, 15) is 9.59 Å². The van der Waals surface area contributed by atoms with Crippen LogP contribution in [0.15, 0.2) is 54.7 Å². The highest BCUT2D eigenvalue weighted by Crippen LogP contribution is 2.27. The van der Waals surface area contributed by atoms with Crippen molar-refractivity contribution < 1.29 is 14.8 Å². The number of unbranched alkanes of at least 4 members (excludes halogenated alkanes) is 4. The van der Waals surface area contributed by atoms with E-state index >= 15 is 0 Å². The SMILES string of the molecule is Cc1c2ccc(N(C)c3ccnc(Nc4ccc(NC(=O)CCCCCCCC(=O)NO)cc4)n3)cc2nn1C. The molecule has 0 saturated heterocycles. The summed E-state index contributed by atoms with van der Waals surface area (Å²) in [5.74, 6) is 0.814. The first-order valence-electron chi connectivity index (χ1n) is 13.4. The summed E-state index contributed by atoms with van der Waals surface area (Å²) in [5.41, 5.74) is 6.19. The number of carbonyl (C=O) groups is 2. The van der Waals surface area contributed by atoms with Crippen molar-refractivity contribution in [3.05, 3.63) is 60.4 Å². The Balaban J connectivity index is 1.26. The normalized spacial score (nSPS) is 10.9. The van der Waals surface area contributed by atoms with Crippen LogP contribution in [-0.2, 0) is 16.6 Å². The number of fused-ring (bicyclic) bond motifs is 1. The average molecular weight is 545 g/mol. The van der Waals surface area contributed by atoms with E-state index in [-0.39, 0.29) is 11.8 Å². The van der Waals surface area contributed by atoms with E-state index in [1.54, 1.807) is 11.7 Å². The Morgan fingerprint density at radius 3 is 2.33 bits per heavy atom. The molecule has 0 fully saturated rings. The van der Waals surface area contributed by atoms with E-state index in [0.29, 0.717) is 18.8 Å². The van der Waals surface area contributed by atoms with Crippen molar-refractivity contribution in [1.82, 2.24) is 25.2 Å². The minimum atomic E-state index is -0.362. The lowest BCUT2D eigenvalue weighted by atomic mass is 10.1. The quantitative estimate of drug-likeness (QED) is 0.100. The maximum atomic E-state index is 12.3. The molecule has 0 saturated carbocycles. The zero-order valence-corrected chi connectivity index (χ0v) is 23.1. The van der Waals surface area contributed by atoms with Crippen LogP contribution in [0.25, 0.3) is 10.9 Å². The van der Waals surface area contributed by atoms with Crippen molar-refractivity contribution in [1.29, 1.82) is 0 Å². The van der Waals surface area contributed by atoms with E-state index in [0.717, 1.165) is 71.6 Å². The van der Waals surface area contributed by atoms with Gasteiger partial charge < -0.3 is 15.5 Å². The van der Waals surface area contributed by atoms with Gasteiger partial charge in [0.15, 0.2) is 0 Å². The largest absolute Gasteiger partial charge is 0.329 e. The number of rotatable bonds is 13. The van der Waals surface area contributed by atoms with Crippen LogP contribution in [0.4, 0.5) is 28.8 Å². The fraction of sp³-hybridized carbons (Fsp3) is 0.345. The number of hydrogen-bond acceptors (Lipinski definition) is 8.